The number of rotatable bonds is 6. The number of hydrogen-bond donors (Lipinski definition) is 1. The summed E-state index contributed by atoms with van der Waals surface area (Å²) in [5, 5.41) is 1.37. The maximum Gasteiger partial charge on any atom is 0.0456 e. The SMILES string of the molecule is CCCN(CCc1c[nH]c2ccccc12)CC(C)(C)C. The molecule has 2 nitrogen and oxygen atoms in total. The van der Waals surface area contributed by atoms with Crippen molar-refractivity contribution in [1.29, 1.82) is 0 Å². The summed E-state index contributed by atoms with van der Waals surface area (Å²) >= 11 is 0. The van der Waals surface area contributed by atoms with Crippen LogP contribution in [0, 0.1) is 5.41 Å². The monoisotopic (exact) mass is 272 g/mol. The van der Waals surface area contributed by atoms with Gasteiger partial charge in [0.15, 0.2) is 0 Å². The first-order valence-corrected chi connectivity index (χ1v) is 7.77. The molecule has 0 bridgehead atoms. The summed E-state index contributed by atoms with van der Waals surface area (Å²) in [6, 6.07) is 8.58. The van der Waals surface area contributed by atoms with E-state index in [-0.39, 0.29) is 0 Å². The second-order valence-electron chi connectivity index (χ2n) is 6.95. The first kappa shape index (κ1) is 15.1. The van der Waals surface area contributed by atoms with Crippen molar-refractivity contribution in [2.45, 2.75) is 40.5 Å². The van der Waals surface area contributed by atoms with Crippen LogP contribution in [-0.4, -0.2) is 29.5 Å². The van der Waals surface area contributed by atoms with E-state index in [2.05, 4.69) is 68.0 Å². The molecule has 0 fully saturated rings. The van der Waals surface area contributed by atoms with Crippen LogP contribution in [0.15, 0.2) is 30.5 Å². The normalized spacial score (nSPS) is 12.4. The fraction of sp³-hybridized carbons (Fsp3) is 0.556. The molecular formula is C18H28N2. The molecule has 0 aliphatic carbocycles. The number of para-hydroxylation sites is 1. The minimum Gasteiger partial charge on any atom is -0.361 e. The smallest absolute Gasteiger partial charge is 0.0456 e. The predicted octanol–water partition coefficient (Wildman–Crippen LogP) is 4.47. The van der Waals surface area contributed by atoms with Crippen molar-refractivity contribution in [3.05, 3.63) is 36.0 Å². The number of H-pyrrole nitrogens is 1. The Kier molecular flexibility index (Phi) is 4.87. The fourth-order valence-electron chi connectivity index (χ4n) is 2.87. The molecule has 0 unspecified atom stereocenters. The van der Waals surface area contributed by atoms with Gasteiger partial charge in [-0.3, -0.25) is 0 Å². The number of nitrogens with zero attached hydrogens (tertiary/aromatic N) is 1. The predicted molar refractivity (Wildman–Crippen MR) is 88.2 cm³/mol. The van der Waals surface area contributed by atoms with Gasteiger partial charge < -0.3 is 9.88 Å². The molecule has 1 N–H and O–H groups in total. The molecular weight excluding hydrogens is 244 g/mol. The third-order valence-electron chi connectivity index (χ3n) is 3.61. The summed E-state index contributed by atoms with van der Waals surface area (Å²) in [7, 11) is 0. The van der Waals surface area contributed by atoms with Crippen molar-refractivity contribution in [1.82, 2.24) is 9.88 Å². The Morgan fingerprint density at radius 2 is 1.85 bits per heavy atom. The molecule has 1 aromatic heterocycles. The van der Waals surface area contributed by atoms with Crippen molar-refractivity contribution in [2.24, 2.45) is 5.41 Å². The fourth-order valence-corrected chi connectivity index (χ4v) is 2.87. The minimum atomic E-state index is 0.370. The molecule has 1 aromatic carbocycles. The number of benzene rings is 1. The lowest BCUT2D eigenvalue weighted by atomic mass is 9.95. The first-order valence-electron chi connectivity index (χ1n) is 7.77. The second kappa shape index (κ2) is 6.45. The van der Waals surface area contributed by atoms with Crippen LogP contribution in [0.4, 0.5) is 0 Å². The lowest BCUT2D eigenvalue weighted by Crippen LogP contribution is -2.34. The van der Waals surface area contributed by atoms with Gasteiger partial charge in [-0.15, -0.1) is 0 Å². The quantitative estimate of drug-likeness (QED) is 0.822. The average molecular weight is 272 g/mol. The zero-order valence-corrected chi connectivity index (χ0v) is 13.4. The van der Waals surface area contributed by atoms with Crippen LogP contribution >= 0.6 is 0 Å². The number of aromatic nitrogens is 1. The lowest BCUT2D eigenvalue weighted by Gasteiger charge is -2.29. The largest absolute Gasteiger partial charge is 0.361 e. The number of aromatic amines is 1. The molecule has 2 aromatic rings. The van der Waals surface area contributed by atoms with Crippen LogP contribution < -0.4 is 0 Å². The maximum atomic E-state index is 3.37. The second-order valence-corrected chi connectivity index (χ2v) is 6.95. The van der Waals surface area contributed by atoms with E-state index in [0.717, 1.165) is 13.0 Å². The van der Waals surface area contributed by atoms with Gasteiger partial charge in [0.25, 0.3) is 0 Å². The molecule has 0 aliphatic heterocycles. The van der Waals surface area contributed by atoms with E-state index in [1.807, 2.05) is 0 Å². The van der Waals surface area contributed by atoms with E-state index in [0.29, 0.717) is 5.41 Å². The molecule has 0 saturated carbocycles. The van der Waals surface area contributed by atoms with Crippen LogP contribution in [-0.2, 0) is 6.42 Å². The van der Waals surface area contributed by atoms with Gasteiger partial charge in [-0.25, -0.2) is 0 Å². The van der Waals surface area contributed by atoms with Crippen molar-refractivity contribution in [3.63, 3.8) is 0 Å². The van der Waals surface area contributed by atoms with E-state index >= 15 is 0 Å². The highest BCUT2D eigenvalue weighted by molar-refractivity contribution is 5.83. The zero-order valence-electron chi connectivity index (χ0n) is 13.4. The highest BCUT2D eigenvalue weighted by atomic mass is 15.1. The van der Waals surface area contributed by atoms with Crippen molar-refractivity contribution in [3.8, 4) is 0 Å². The molecule has 0 radical (unpaired) electrons. The van der Waals surface area contributed by atoms with Crippen LogP contribution in [0.1, 0.15) is 39.7 Å². The van der Waals surface area contributed by atoms with Crippen LogP contribution in [0.25, 0.3) is 10.9 Å². The summed E-state index contributed by atoms with van der Waals surface area (Å²) in [6.07, 6.45) is 4.52. The summed E-state index contributed by atoms with van der Waals surface area (Å²) in [6.45, 7) is 12.7. The summed E-state index contributed by atoms with van der Waals surface area (Å²) in [5.41, 5.74) is 3.06. The van der Waals surface area contributed by atoms with Gasteiger partial charge in [0.2, 0.25) is 0 Å². The van der Waals surface area contributed by atoms with Crippen molar-refractivity contribution in [2.75, 3.05) is 19.6 Å². The molecule has 20 heavy (non-hydrogen) atoms. The van der Waals surface area contributed by atoms with Crippen LogP contribution in [0.3, 0.4) is 0 Å². The van der Waals surface area contributed by atoms with Crippen LogP contribution in [0.5, 0.6) is 0 Å². The Bertz CT molecular complexity index is 534. The number of nitrogens with one attached hydrogen (secondary N) is 1. The van der Waals surface area contributed by atoms with Gasteiger partial charge in [0.05, 0.1) is 0 Å². The Morgan fingerprint density at radius 3 is 2.55 bits per heavy atom. The molecule has 0 amide bonds. The lowest BCUT2D eigenvalue weighted by molar-refractivity contribution is 0.193. The van der Waals surface area contributed by atoms with E-state index in [1.165, 1.54) is 36.0 Å². The van der Waals surface area contributed by atoms with Gasteiger partial charge in [0, 0.05) is 30.2 Å². The molecule has 110 valence electrons. The number of fused-ring (bicyclic) bond motifs is 1. The van der Waals surface area contributed by atoms with E-state index < -0.39 is 0 Å². The molecule has 0 spiro atoms. The molecule has 0 saturated heterocycles. The first-order chi connectivity index (χ1) is 9.49. The Hall–Kier alpha value is -1.28. The molecule has 1 heterocycles. The van der Waals surface area contributed by atoms with E-state index in [1.54, 1.807) is 0 Å². The summed E-state index contributed by atoms with van der Waals surface area (Å²) in [5.74, 6) is 0. The molecule has 2 rings (SSSR count). The molecule has 0 aliphatic rings. The highest BCUT2D eigenvalue weighted by Crippen LogP contribution is 2.20. The minimum absolute atomic E-state index is 0.370. The van der Waals surface area contributed by atoms with Gasteiger partial charge in [-0.2, -0.15) is 0 Å². The third kappa shape index (κ3) is 4.11. The number of hydrogen-bond acceptors (Lipinski definition) is 1. The van der Waals surface area contributed by atoms with Crippen LogP contribution in [0.2, 0.25) is 0 Å². The maximum absolute atomic E-state index is 3.37. The van der Waals surface area contributed by atoms with Gasteiger partial charge in [0.1, 0.15) is 0 Å². The molecule has 2 heteroatoms. The average Bonchev–Trinajstić information content (AvgIpc) is 2.78. The Labute approximate surface area is 123 Å². The van der Waals surface area contributed by atoms with Crippen molar-refractivity contribution < 1.29 is 0 Å². The zero-order chi connectivity index (χ0) is 14.6. The van der Waals surface area contributed by atoms with Gasteiger partial charge in [-0.05, 0) is 36.4 Å². The van der Waals surface area contributed by atoms with E-state index in [4.69, 9.17) is 0 Å². The van der Waals surface area contributed by atoms with Gasteiger partial charge in [-0.1, -0.05) is 45.9 Å². The highest BCUT2D eigenvalue weighted by Gasteiger charge is 2.16. The van der Waals surface area contributed by atoms with Gasteiger partial charge >= 0.3 is 0 Å². The van der Waals surface area contributed by atoms with Crippen molar-refractivity contribution >= 4 is 10.9 Å². The Morgan fingerprint density at radius 1 is 1.10 bits per heavy atom. The topological polar surface area (TPSA) is 19.0 Å². The standard InChI is InChI=1S/C18H28N2/c1-5-11-20(14-18(2,3)4)12-10-15-13-19-17-9-7-6-8-16(15)17/h6-9,13,19H,5,10-12,14H2,1-4H3. The van der Waals surface area contributed by atoms with E-state index in [9.17, 15) is 0 Å². The summed E-state index contributed by atoms with van der Waals surface area (Å²) < 4.78 is 0. The summed E-state index contributed by atoms with van der Waals surface area (Å²) in [4.78, 5) is 5.97. The Balaban J connectivity index is 2.01. The molecule has 0 atom stereocenters. The third-order valence-corrected chi connectivity index (χ3v) is 3.61.